The summed E-state index contributed by atoms with van der Waals surface area (Å²) in [4.78, 5) is 0. The van der Waals surface area contributed by atoms with Crippen molar-refractivity contribution in [3.63, 3.8) is 0 Å². The highest BCUT2D eigenvalue weighted by atomic mass is 14.2. The summed E-state index contributed by atoms with van der Waals surface area (Å²) in [5.74, 6) is 2.23. The molecule has 0 aliphatic heterocycles. The first-order valence-electron chi connectivity index (χ1n) is 11.3. The van der Waals surface area contributed by atoms with Crippen molar-refractivity contribution in [3.05, 3.63) is 0 Å². The number of hydrogen-bond donors (Lipinski definition) is 0. The van der Waals surface area contributed by atoms with Gasteiger partial charge in [-0.25, -0.2) is 0 Å². The van der Waals surface area contributed by atoms with Gasteiger partial charge in [-0.05, 0) is 11.8 Å². The molecule has 2 saturated carbocycles. The van der Waals surface area contributed by atoms with E-state index in [9.17, 15) is 0 Å². The van der Waals surface area contributed by atoms with Gasteiger partial charge in [-0.15, -0.1) is 0 Å². The third kappa shape index (κ3) is 18.2. The summed E-state index contributed by atoms with van der Waals surface area (Å²) in [6.07, 6.45) is 22.1. The van der Waals surface area contributed by atoms with Gasteiger partial charge in [0.1, 0.15) is 0 Å². The van der Waals surface area contributed by atoms with E-state index in [-0.39, 0.29) is 0 Å². The summed E-state index contributed by atoms with van der Waals surface area (Å²) in [5, 5.41) is 0. The van der Waals surface area contributed by atoms with Gasteiger partial charge in [0.05, 0.1) is 0 Å². The minimum Gasteiger partial charge on any atom is -0.0683 e. The van der Waals surface area contributed by atoms with E-state index in [0.29, 0.717) is 0 Å². The Bertz CT molecular complexity index is 152. The van der Waals surface area contributed by atoms with Crippen LogP contribution in [0.15, 0.2) is 0 Å². The Balaban J connectivity index is 0. The van der Waals surface area contributed by atoms with E-state index >= 15 is 0 Å². The predicted octanol–water partition coefficient (Wildman–Crippen LogP) is 9.18. The third-order valence-electron chi connectivity index (χ3n) is 4.88. The number of unbranched alkanes of at least 4 members (excludes halogenated alkanes) is 2. The molecular weight excluding hydrogens is 276 g/mol. The summed E-state index contributed by atoms with van der Waals surface area (Å²) >= 11 is 0. The maximum atomic E-state index is 2.29. The molecule has 2 aliphatic rings. The van der Waals surface area contributed by atoms with Crippen molar-refractivity contribution < 1.29 is 0 Å². The Morgan fingerprint density at radius 1 is 0.565 bits per heavy atom. The van der Waals surface area contributed by atoms with Gasteiger partial charge in [-0.2, -0.15) is 0 Å². The van der Waals surface area contributed by atoms with Gasteiger partial charge in [-0.3, -0.25) is 0 Å². The Hall–Kier alpha value is 0. The number of hydrogen-bond acceptors (Lipinski definition) is 0. The first-order chi connectivity index (χ1) is 11.3. The second-order valence-electron chi connectivity index (χ2n) is 7.29. The first kappa shape index (κ1) is 25.2. The fourth-order valence-corrected chi connectivity index (χ4v) is 3.58. The molecule has 23 heavy (non-hydrogen) atoms. The molecule has 0 spiro atoms. The lowest BCUT2D eigenvalue weighted by molar-refractivity contribution is 0.480. The van der Waals surface area contributed by atoms with Crippen molar-refractivity contribution in [1.29, 1.82) is 0 Å². The quantitative estimate of drug-likeness (QED) is 0.456. The topological polar surface area (TPSA) is 0 Å². The Morgan fingerprint density at radius 2 is 0.826 bits per heavy atom. The largest absolute Gasteiger partial charge is 0.0683 e. The van der Waals surface area contributed by atoms with Crippen molar-refractivity contribution in [2.75, 3.05) is 0 Å². The van der Waals surface area contributed by atoms with Gasteiger partial charge in [0.25, 0.3) is 0 Å². The zero-order chi connectivity index (χ0) is 17.8. The molecule has 0 bridgehead atoms. The van der Waals surface area contributed by atoms with Crippen molar-refractivity contribution in [2.24, 2.45) is 11.8 Å². The molecular formula is C23H50. The van der Waals surface area contributed by atoms with Crippen molar-refractivity contribution in [3.8, 4) is 0 Å². The van der Waals surface area contributed by atoms with Crippen molar-refractivity contribution in [2.45, 2.75) is 138 Å². The van der Waals surface area contributed by atoms with Crippen molar-refractivity contribution in [1.82, 2.24) is 0 Å². The normalized spacial score (nSPS) is 17.5. The molecule has 0 aromatic heterocycles. The lowest BCUT2D eigenvalue weighted by Gasteiger charge is -2.05. The second-order valence-corrected chi connectivity index (χ2v) is 7.29. The minimum absolute atomic E-state index is 1.12. The van der Waals surface area contributed by atoms with Gasteiger partial charge in [-0.1, -0.05) is 138 Å². The molecule has 0 heterocycles. The maximum Gasteiger partial charge on any atom is -0.0414 e. The average molecular weight is 327 g/mol. The van der Waals surface area contributed by atoms with Crippen LogP contribution in [0.4, 0.5) is 0 Å². The molecule has 0 aromatic rings. The average Bonchev–Trinajstić information content (AvgIpc) is 3.28. The van der Waals surface area contributed by atoms with Crippen LogP contribution in [0.1, 0.15) is 138 Å². The highest BCUT2D eigenvalue weighted by Crippen LogP contribution is 2.29. The molecule has 0 N–H and O–H groups in total. The van der Waals surface area contributed by atoms with Crippen LogP contribution in [0.2, 0.25) is 0 Å². The fourth-order valence-electron chi connectivity index (χ4n) is 3.58. The predicted molar refractivity (Wildman–Crippen MR) is 110 cm³/mol. The zero-order valence-electron chi connectivity index (χ0n) is 17.8. The van der Waals surface area contributed by atoms with Gasteiger partial charge in [0.15, 0.2) is 0 Å². The van der Waals surface area contributed by atoms with E-state index < -0.39 is 0 Å². The highest BCUT2D eigenvalue weighted by Gasteiger charge is 2.13. The summed E-state index contributed by atoms with van der Waals surface area (Å²) in [6.45, 7) is 12.8. The van der Waals surface area contributed by atoms with E-state index in [0.717, 1.165) is 11.8 Å². The molecule has 0 radical (unpaired) electrons. The molecule has 0 saturated heterocycles. The smallest absolute Gasteiger partial charge is 0.0414 e. The molecule has 2 fully saturated rings. The van der Waals surface area contributed by atoms with Crippen LogP contribution in [0.3, 0.4) is 0 Å². The molecule has 2 rings (SSSR count). The summed E-state index contributed by atoms with van der Waals surface area (Å²) < 4.78 is 0. The van der Waals surface area contributed by atoms with Crippen LogP contribution in [0.5, 0.6) is 0 Å². The molecule has 0 atom stereocenters. The standard InChI is InChI=1S/2C9H18.C3H8.C2H6/c2*1-2-3-6-9-7-4-5-8-9;1-3-2;1-2/h2*9H,2-8H2,1H3;3H2,1-2H3;1-2H3. The fraction of sp³-hybridized carbons (Fsp3) is 1.00. The van der Waals surface area contributed by atoms with Gasteiger partial charge >= 0.3 is 0 Å². The zero-order valence-corrected chi connectivity index (χ0v) is 17.8. The lowest BCUT2D eigenvalue weighted by atomic mass is 10.0. The van der Waals surface area contributed by atoms with E-state index in [2.05, 4.69) is 27.7 Å². The Morgan fingerprint density at radius 3 is 1.04 bits per heavy atom. The van der Waals surface area contributed by atoms with Crippen LogP contribution in [0, 0.1) is 11.8 Å². The number of rotatable bonds is 6. The SMILES string of the molecule is CC.CCC.CCCCC1CCCC1.CCCCC1CCCC1. The van der Waals surface area contributed by atoms with Crippen LogP contribution in [-0.4, -0.2) is 0 Å². The molecule has 0 aromatic carbocycles. The maximum absolute atomic E-state index is 2.29. The van der Waals surface area contributed by atoms with Crippen molar-refractivity contribution >= 4 is 0 Å². The molecule has 142 valence electrons. The van der Waals surface area contributed by atoms with Crippen LogP contribution >= 0.6 is 0 Å². The minimum atomic E-state index is 1.12. The van der Waals surface area contributed by atoms with Crippen LogP contribution < -0.4 is 0 Å². The first-order valence-corrected chi connectivity index (χ1v) is 11.3. The van der Waals surface area contributed by atoms with E-state index in [1.807, 2.05) is 13.8 Å². The van der Waals surface area contributed by atoms with E-state index in [1.165, 1.54) is 96.3 Å². The Kier molecular flexibility index (Phi) is 24.1. The lowest BCUT2D eigenvalue weighted by Crippen LogP contribution is -1.91. The second kappa shape index (κ2) is 22.0. The molecule has 0 nitrogen and oxygen atoms in total. The molecule has 0 heteroatoms. The third-order valence-corrected chi connectivity index (χ3v) is 4.88. The van der Waals surface area contributed by atoms with E-state index in [1.54, 1.807) is 0 Å². The van der Waals surface area contributed by atoms with Crippen LogP contribution in [-0.2, 0) is 0 Å². The van der Waals surface area contributed by atoms with Gasteiger partial charge < -0.3 is 0 Å². The van der Waals surface area contributed by atoms with Gasteiger partial charge in [0.2, 0.25) is 0 Å². The van der Waals surface area contributed by atoms with Gasteiger partial charge in [0, 0.05) is 0 Å². The van der Waals surface area contributed by atoms with Crippen LogP contribution in [0.25, 0.3) is 0 Å². The molecule has 2 aliphatic carbocycles. The summed E-state index contributed by atoms with van der Waals surface area (Å²) in [5.41, 5.74) is 0. The highest BCUT2D eigenvalue weighted by molar-refractivity contribution is 4.67. The monoisotopic (exact) mass is 326 g/mol. The molecule has 0 amide bonds. The summed E-state index contributed by atoms with van der Waals surface area (Å²) in [6, 6.07) is 0. The molecule has 0 unspecified atom stereocenters. The summed E-state index contributed by atoms with van der Waals surface area (Å²) in [7, 11) is 0. The Labute approximate surface area is 150 Å². The van der Waals surface area contributed by atoms with E-state index in [4.69, 9.17) is 0 Å².